The monoisotopic (exact) mass is 762 g/mol. The molecule has 3 heterocycles. The molecule has 1 unspecified atom stereocenters. The summed E-state index contributed by atoms with van der Waals surface area (Å²) in [5, 5.41) is 8.84. The summed E-state index contributed by atoms with van der Waals surface area (Å²) in [6.45, 7) is 0. The highest BCUT2D eigenvalue weighted by Crippen LogP contribution is 2.44. The highest BCUT2D eigenvalue weighted by Gasteiger charge is 2.25. The first-order valence-corrected chi connectivity index (χ1v) is 21.1. The number of aromatic nitrogens is 1. The Morgan fingerprint density at radius 1 is 0.621 bits per heavy atom. The van der Waals surface area contributed by atoms with Gasteiger partial charge in [-0.05, 0) is 90.6 Å². The molecule has 0 saturated heterocycles. The second-order valence-corrected chi connectivity index (χ2v) is 16.5. The van der Waals surface area contributed by atoms with Crippen LogP contribution in [0.5, 0.6) is 0 Å². The molecule has 10 aromatic rings. The number of rotatable bonds is 6. The molecule has 7 aromatic carbocycles. The van der Waals surface area contributed by atoms with Crippen molar-refractivity contribution in [2.24, 2.45) is 5.92 Å². The Bertz CT molecular complexity index is 3430. The highest BCUT2D eigenvalue weighted by molar-refractivity contribution is 7.26. The molecule has 0 bridgehead atoms. The Balaban J connectivity index is 0.996. The lowest BCUT2D eigenvalue weighted by Crippen LogP contribution is -2.33. The van der Waals surface area contributed by atoms with Crippen molar-refractivity contribution in [3.8, 4) is 16.8 Å². The number of thiophene rings is 1. The van der Waals surface area contributed by atoms with Crippen molar-refractivity contribution in [1.82, 2.24) is 4.57 Å². The molecule has 2 aliphatic carbocycles. The smallest absolute Gasteiger partial charge is 0.159 e. The molecule has 0 fully saturated rings. The zero-order valence-corrected chi connectivity index (χ0v) is 32.6. The molecule has 0 spiro atoms. The maximum atomic E-state index is 6.72. The van der Waals surface area contributed by atoms with Crippen molar-refractivity contribution in [2.75, 3.05) is 4.90 Å². The maximum Gasteiger partial charge on any atom is 0.159 e. The normalized spacial score (nSPS) is 15.3. The van der Waals surface area contributed by atoms with Gasteiger partial charge in [-0.1, -0.05) is 133 Å². The molecule has 0 amide bonds. The summed E-state index contributed by atoms with van der Waals surface area (Å²) in [6, 6.07) is 59.2. The van der Waals surface area contributed by atoms with Gasteiger partial charge in [-0.3, -0.25) is 0 Å². The number of fused-ring (bicyclic) bond motifs is 9. The topological polar surface area (TPSA) is 21.3 Å². The first kappa shape index (κ1) is 33.3. The Morgan fingerprint density at radius 2 is 1.36 bits per heavy atom. The van der Waals surface area contributed by atoms with Crippen LogP contribution in [0.2, 0.25) is 0 Å². The fourth-order valence-electron chi connectivity index (χ4n) is 9.53. The van der Waals surface area contributed by atoms with Crippen LogP contribution in [-0.4, -0.2) is 4.57 Å². The van der Waals surface area contributed by atoms with Crippen LogP contribution in [0.3, 0.4) is 0 Å². The molecule has 58 heavy (non-hydrogen) atoms. The molecule has 0 saturated carbocycles. The van der Waals surface area contributed by atoms with E-state index in [4.69, 9.17) is 4.42 Å². The summed E-state index contributed by atoms with van der Waals surface area (Å²) in [6.07, 6.45) is 12.8. The lowest BCUT2D eigenvalue weighted by molar-refractivity contribution is 0.668. The fraction of sp³-hybridized carbons (Fsp3) is 0.0741. The van der Waals surface area contributed by atoms with Crippen molar-refractivity contribution in [1.29, 1.82) is 0 Å². The van der Waals surface area contributed by atoms with Crippen LogP contribution in [0.15, 0.2) is 192 Å². The molecule has 12 rings (SSSR count). The van der Waals surface area contributed by atoms with Crippen molar-refractivity contribution >= 4 is 87.9 Å². The van der Waals surface area contributed by atoms with E-state index in [0.717, 1.165) is 52.6 Å². The third-order valence-corrected chi connectivity index (χ3v) is 13.4. The second-order valence-electron chi connectivity index (χ2n) is 15.5. The number of allylic oxidation sites excluding steroid dienone is 4. The highest BCUT2D eigenvalue weighted by atomic mass is 32.1. The number of nitrogens with zero attached hydrogens (tertiary/aromatic N) is 2. The molecule has 3 aromatic heterocycles. The van der Waals surface area contributed by atoms with Gasteiger partial charge in [0, 0.05) is 64.5 Å². The first-order chi connectivity index (χ1) is 28.8. The van der Waals surface area contributed by atoms with Gasteiger partial charge < -0.3 is 13.9 Å². The summed E-state index contributed by atoms with van der Waals surface area (Å²) in [5.74, 6) is 0.252. The van der Waals surface area contributed by atoms with Crippen LogP contribution in [0.25, 0.3) is 82.0 Å². The van der Waals surface area contributed by atoms with Gasteiger partial charge in [-0.25, -0.2) is 0 Å². The number of anilines is 2. The van der Waals surface area contributed by atoms with Crippen LogP contribution < -0.4 is 15.5 Å². The molecular weight excluding hydrogens is 725 g/mol. The van der Waals surface area contributed by atoms with Gasteiger partial charge in [0.05, 0.1) is 16.6 Å². The quantitative estimate of drug-likeness (QED) is 0.168. The zero-order chi connectivity index (χ0) is 38.2. The Labute approximate surface area is 340 Å². The molecule has 0 radical (unpaired) electrons. The molecule has 2 aliphatic rings. The third kappa shape index (κ3) is 5.25. The van der Waals surface area contributed by atoms with Crippen LogP contribution in [0.4, 0.5) is 11.4 Å². The average molecular weight is 763 g/mol. The van der Waals surface area contributed by atoms with Gasteiger partial charge in [0.15, 0.2) is 5.58 Å². The van der Waals surface area contributed by atoms with E-state index in [1.807, 2.05) is 11.3 Å². The molecule has 0 N–H and O–H groups in total. The predicted molar refractivity (Wildman–Crippen MR) is 246 cm³/mol. The van der Waals surface area contributed by atoms with Crippen molar-refractivity contribution < 1.29 is 4.42 Å². The van der Waals surface area contributed by atoms with Crippen LogP contribution >= 0.6 is 11.3 Å². The van der Waals surface area contributed by atoms with Gasteiger partial charge in [0.25, 0.3) is 0 Å². The predicted octanol–water partition coefficient (Wildman–Crippen LogP) is 13.6. The number of benzene rings is 7. The lowest BCUT2D eigenvalue weighted by Gasteiger charge is -2.31. The molecule has 4 heteroatoms. The minimum atomic E-state index is 0.252. The van der Waals surface area contributed by atoms with Crippen molar-refractivity contribution in [3.05, 3.63) is 198 Å². The molecule has 276 valence electrons. The van der Waals surface area contributed by atoms with E-state index >= 15 is 0 Å². The van der Waals surface area contributed by atoms with Gasteiger partial charge in [0.2, 0.25) is 0 Å². The number of hydrogen-bond acceptors (Lipinski definition) is 3. The summed E-state index contributed by atoms with van der Waals surface area (Å²) in [7, 11) is 0. The Morgan fingerprint density at radius 3 is 2.26 bits per heavy atom. The van der Waals surface area contributed by atoms with E-state index in [9.17, 15) is 0 Å². The van der Waals surface area contributed by atoms with Crippen LogP contribution in [-0.2, 0) is 0 Å². The zero-order valence-electron chi connectivity index (χ0n) is 31.8. The van der Waals surface area contributed by atoms with E-state index < -0.39 is 0 Å². The number of furan rings is 1. The SMILES string of the molecule is C1=C(C2C=c3c(c4ccccc4n3-c3ccccc3)=CC2)C=C(N(c2ccc(-c3cccc4c3sc3ccccc34)cc2)c2cccc3c2oc2ccccc23)CC1. The third-order valence-electron chi connectivity index (χ3n) is 12.2. The maximum absolute atomic E-state index is 6.72. The first-order valence-electron chi connectivity index (χ1n) is 20.3. The van der Waals surface area contributed by atoms with E-state index in [-0.39, 0.29) is 5.92 Å². The fourth-order valence-corrected chi connectivity index (χ4v) is 10.8. The van der Waals surface area contributed by atoms with Crippen molar-refractivity contribution in [3.63, 3.8) is 0 Å². The van der Waals surface area contributed by atoms with Gasteiger partial charge in [0.1, 0.15) is 5.58 Å². The standard InChI is InChI=1S/C54H38N2OS/c1-2-14-38(15-3-1)56-48-23-7-4-17-42(48)43-32-29-37(34-50(43)56)36-13-10-16-40(33-36)55(49-24-12-21-46-44-18-5-8-25-51(44)57-53(46)49)39-30-27-35(28-31-39)41-20-11-22-47-45-19-6-9-26-52(45)58-54(41)47/h1-9,11-15,17-28,30-34,37H,10,16,29H2. The number of para-hydroxylation sites is 4. The van der Waals surface area contributed by atoms with Gasteiger partial charge >= 0.3 is 0 Å². The summed E-state index contributed by atoms with van der Waals surface area (Å²) in [5.41, 5.74) is 11.6. The summed E-state index contributed by atoms with van der Waals surface area (Å²) < 4.78 is 11.8. The van der Waals surface area contributed by atoms with E-state index in [1.165, 1.54) is 69.7 Å². The molecule has 3 nitrogen and oxygen atoms in total. The van der Waals surface area contributed by atoms with E-state index in [1.54, 1.807) is 0 Å². The Kier molecular flexibility index (Phi) is 7.67. The molecule has 1 atom stereocenters. The van der Waals surface area contributed by atoms with Gasteiger partial charge in [-0.2, -0.15) is 0 Å². The van der Waals surface area contributed by atoms with E-state index in [2.05, 4.69) is 198 Å². The van der Waals surface area contributed by atoms with Crippen LogP contribution in [0, 0.1) is 5.92 Å². The second kappa shape index (κ2) is 13.4. The average Bonchev–Trinajstić information content (AvgIpc) is 3.97. The Hall–Kier alpha value is -6.88. The lowest BCUT2D eigenvalue weighted by atomic mass is 9.87. The summed E-state index contributed by atoms with van der Waals surface area (Å²) in [4.78, 5) is 2.46. The van der Waals surface area contributed by atoms with Gasteiger partial charge in [-0.15, -0.1) is 11.3 Å². The van der Waals surface area contributed by atoms with Crippen molar-refractivity contribution in [2.45, 2.75) is 19.3 Å². The van der Waals surface area contributed by atoms with E-state index in [0.29, 0.717) is 0 Å². The summed E-state index contributed by atoms with van der Waals surface area (Å²) >= 11 is 1.88. The largest absolute Gasteiger partial charge is 0.454 e. The molecule has 0 aliphatic heterocycles. The minimum absolute atomic E-state index is 0.252. The van der Waals surface area contributed by atoms with Crippen LogP contribution in [0.1, 0.15) is 19.3 Å². The number of hydrogen-bond donors (Lipinski definition) is 0. The minimum Gasteiger partial charge on any atom is -0.454 e. The molecular formula is C54H38N2OS.